The van der Waals surface area contributed by atoms with Gasteiger partial charge in [-0.2, -0.15) is 4.57 Å². The zero-order valence-electron chi connectivity index (χ0n) is 15.0. The van der Waals surface area contributed by atoms with Gasteiger partial charge in [-0.15, -0.1) is 0 Å². The normalized spacial score (nSPS) is 13.8. The molecule has 132 valence electrons. The number of nitrogens with one attached hydrogen (secondary N) is 1. The smallest absolute Gasteiger partial charge is 0.293 e. The van der Waals surface area contributed by atoms with Crippen LogP contribution in [-0.4, -0.2) is 12.7 Å². The molecule has 1 amide bonds. The van der Waals surface area contributed by atoms with Crippen LogP contribution in [0.15, 0.2) is 42.7 Å². The van der Waals surface area contributed by atoms with Gasteiger partial charge < -0.3 is 14.8 Å². The van der Waals surface area contributed by atoms with E-state index < -0.39 is 0 Å². The number of anilines is 1. The van der Waals surface area contributed by atoms with E-state index in [1.165, 1.54) is 5.56 Å². The molecular formula is C20H25N2O3+. The molecule has 25 heavy (non-hydrogen) atoms. The Hall–Kier alpha value is -2.56. The third-order valence-corrected chi connectivity index (χ3v) is 4.80. The molecule has 1 aromatic heterocycles. The fourth-order valence-electron chi connectivity index (χ4n) is 3.10. The van der Waals surface area contributed by atoms with Gasteiger partial charge in [-0.25, -0.2) is 0 Å². The van der Waals surface area contributed by atoms with Crippen molar-refractivity contribution in [2.24, 2.45) is 0 Å². The number of carbonyl (C=O) groups is 1. The van der Waals surface area contributed by atoms with Gasteiger partial charge in [0, 0.05) is 30.8 Å². The van der Waals surface area contributed by atoms with Crippen molar-refractivity contribution in [3.05, 3.63) is 48.3 Å². The molecule has 1 aromatic carbocycles. The molecule has 1 N–H and O–H groups in total. The number of ether oxygens (including phenoxy) is 2. The molecule has 0 unspecified atom stereocenters. The third-order valence-electron chi connectivity index (χ3n) is 4.80. The first-order chi connectivity index (χ1) is 12.1. The van der Waals surface area contributed by atoms with Crippen LogP contribution in [0.4, 0.5) is 5.69 Å². The second-order valence-corrected chi connectivity index (χ2v) is 6.33. The summed E-state index contributed by atoms with van der Waals surface area (Å²) in [5.74, 6) is 1.87. The van der Waals surface area contributed by atoms with Crippen LogP contribution in [0.1, 0.15) is 51.1 Å². The van der Waals surface area contributed by atoms with Crippen LogP contribution < -0.4 is 19.4 Å². The topological polar surface area (TPSA) is 51.4 Å². The zero-order chi connectivity index (χ0) is 17.8. The summed E-state index contributed by atoms with van der Waals surface area (Å²) in [7, 11) is 0. The van der Waals surface area contributed by atoms with Crippen molar-refractivity contribution in [1.29, 1.82) is 0 Å². The maximum atomic E-state index is 12.5. The molecule has 3 rings (SSSR count). The highest BCUT2D eigenvalue weighted by atomic mass is 16.7. The van der Waals surface area contributed by atoms with Gasteiger partial charge >= 0.3 is 0 Å². The molecular weight excluding hydrogens is 316 g/mol. The summed E-state index contributed by atoms with van der Waals surface area (Å²) >= 11 is 0. The van der Waals surface area contributed by atoms with Crippen LogP contribution in [0.2, 0.25) is 0 Å². The van der Waals surface area contributed by atoms with Crippen molar-refractivity contribution < 1.29 is 18.8 Å². The number of rotatable bonds is 6. The molecule has 2 heterocycles. The molecule has 0 bridgehead atoms. The standard InChI is InChI=1S/C20H24N2O3/c1-4-15(5-2)16-8-10-22(11-9-16)14(3)20(23)21-17-6-7-18-19(12-17)25-13-24-18/h6-12,14-15H,4-5,13H2,1-3H3/p+1/t14-/m0/s1. The highest BCUT2D eigenvalue weighted by Crippen LogP contribution is 2.34. The lowest BCUT2D eigenvalue weighted by Gasteiger charge is -2.13. The van der Waals surface area contributed by atoms with E-state index in [1.54, 1.807) is 12.1 Å². The molecule has 1 aliphatic heterocycles. The minimum atomic E-state index is -0.304. The van der Waals surface area contributed by atoms with Crippen molar-refractivity contribution in [3.63, 3.8) is 0 Å². The highest BCUT2D eigenvalue weighted by Gasteiger charge is 2.23. The maximum Gasteiger partial charge on any atom is 0.293 e. The Bertz CT molecular complexity index is 739. The van der Waals surface area contributed by atoms with Crippen molar-refractivity contribution in [2.45, 2.75) is 45.6 Å². The maximum absolute atomic E-state index is 12.5. The van der Waals surface area contributed by atoms with Gasteiger partial charge in [0.25, 0.3) is 5.91 Å². The van der Waals surface area contributed by atoms with E-state index in [0.717, 1.165) is 12.8 Å². The van der Waals surface area contributed by atoms with Gasteiger partial charge in [-0.3, -0.25) is 4.79 Å². The summed E-state index contributed by atoms with van der Waals surface area (Å²) in [6.45, 7) is 6.52. The van der Waals surface area contributed by atoms with E-state index in [4.69, 9.17) is 9.47 Å². The number of pyridine rings is 1. The van der Waals surface area contributed by atoms with Crippen LogP contribution in [0.25, 0.3) is 0 Å². The predicted molar refractivity (Wildman–Crippen MR) is 95.9 cm³/mol. The molecule has 2 aromatic rings. The highest BCUT2D eigenvalue weighted by molar-refractivity contribution is 5.92. The Morgan fingerprint density at radius 2 is 1.80 bits per heavy atom. The first-order valence-electron chi connectivity index (χ1n) is 8.83. The fourth-order valence-corrected chi connectivity index (χ4v) is 3.10. The van der Waals surface area contributed by atoms with Gasteiger partial charge in [-0.05, 0) is 36.5 Å². The Morgan fingerprint density at radius 3 is 2.48 bits per heavy atom. The monoisotopic (exact) mass is 341 g/mol. The van der Waals surface area contributed by atoms with Gasteiger partial charge in [0.1, 0.15) is 0 Å². The summed E-state index contributed by atoms with van der Waals surface area (Å²) in [5.41, 5.74) is 2.03. The van der Waals surface area contributed by atoms with Crippen LogP contribution in [0.5, 0.6) is 11.5 Å². The Morgan fingerprint density at radius 1 is 1.12 bits per heavy atom. The van der Waals surface area contributed by atoms with Crippen LogP contribution in [0.3, 0.4) is 0 Å². The molecule has 1 aliphatic rings. The van der Waals surface area contributed by atoms with Crippen molar-refractivity contribution in [1.82, 2.24) is 0 Å². The minimum Gasteiger partial charge on any atom is -0.454 e. The van der Waals surface area contributed by atoms with E-state index in [2.05, 4.69) is 31.3 Å². The second kappa shape index (κ2) is 7.55. The van der Waals surface area contributed by atoms with E-state index in [9.17, 15) is 4.79 Å². The van der Waals surface area contributed by atoms with Crippen molar-refractivity contribution >= 4 is 11.6 Å². The number of fused-ring (bicyclic) bond motifs is 1. The molecule has 0 spiro atoms. The predicted octanol–water partition coefficient (Wildman–Crippen LogP) is 3.81. The molecule has 0 saturated carbocycles. The summed E-state index contributed by atoms with van der Waals surface area (Å²) in [6, 6.07) is 9.33. The largest absolute Gasteiger partial charge is 0.454 e. The van der Waals surface area contributed by atoms with Crippen molar-refractivity contribution in [3.8, 4) is 11.5 Å². The summed E-state index contributed by atoms with van der Waals surface area (Å²) < 4.78 is 12.6. The number of hydrogen-bond donors (Lipinski definition) is 1. The molecule has 5 nitrogen and oxygen atoms in total. The Labute approximate surface area is 148 Å². The van der Waals surface area contributed by atoms with Crippen LogP contribution >= 0.6 is 0 Å². The lowest BCUT2D eigenvalue weighted by atomic mass is 9.95. The molecule has 0 aliphatic carbocycles. The number of amides is 1. The summed E-state index contributed by atoms with van der Waals surface area (Å²) in [5, 5.41) is 2.93. The van der Waals surface area contributed by atoms with E-state index in [0.29, 0.717) is 23.1 Å². The van der Waals surface area contributed by atoms with E-state index >= 15 is 0 Å². The van der Waals surface area contributed by atoms with Crippen molar-refractivity contribution in [2.75, 3.05) is 12.1 Å². The third kappa shape index (κ3) is 3.76. The molecule has 0 radical (unpaired) electrons. The van der Waals surface area contributed by atoms with E-state index in [-0.39, 0.29) is 18.7 Å². The second-order valence-electron chi connectivity index (χ2n) is 6.33. The molecule has 5 heteroatoms. The SMILES string of the molecule is CCC(CC)c1cc[n+]([C@@H](C)C(=O)Nc2ccc3c(c2)OCO3)cc1. The Kier molecular flexibility index (Phi) is 5.22. The quantitative estimate of drug-likeness (QED) is 0.813. The number of hydrogen-bond acceptors (Lipinski definition) is 3. The number of benzene rings is 1. The summed E-state index contributed by atoms with van der Waals surface area (Å²) in [6.07, 6.45) is 6.22. The van der Waals surface area contributed by atoms with E-state index in [1.807, 2.05) is 30.0 Å². The van der Waals surface area contributed by atoms with Crippen LogP contribution in [0, 0.1) is 0 Å². The van der Waals surface area contributed by atoms with Gasteiger partial charge in [0.15, 0.2) is 23.9 Å². The minimum absolute atomic E-state index is 0.0702. The summed E-state index contributed by atoms with van der Waals surface area (Å²) in [4.78, 5) is 12.5. The Balaban J connectivity index is 1.67. The fraction of sp³-hybridized carbons (Fsp3) is 0.400. The molecule has 0 saturated heterocycles. The lowest BCUT2D eigenvalue weighted by Crippen LogP contribution is -2.44. The number of carbonyl (C=O) groups excluding carboxylic acids is 1. The first-order valence-corrected chi connectivity index (χ1v) is 8.83. The van der Waals surface area contributed by atoms with Gasteiger partial charge in [-0.1, -0.05) is 13.8 Å². The molecule has 1 atom stereocenters. The lowest BCUT2D eigenvalue weighted by molar-refractivity contribution is -0.705. The number of nitrogens with zero attached hydrogens (tertiary/aromatic N) is 1. The number of aromatic nitrogens is 1. The zero-order valence-corrected chi connectivity index (χ0v) is 15.0. The average molecular weight is 341 g/mol. The van der Waals surface area contributed by atoms with Gasteiger partial charge in [0.2, 0.25) is 12.8 Å². The molecule has 0 fully saturated rings. The average Bonchev–Trinajstić information content (AvgIpc) is 3.10. The first kappa shape index (κ1) is 17.3. The van der Waals surface area contributed by atoms with Gasteiger partial charge in [0.05, 0.1) is 0 Å². The van der Waals surface area contributed by atoms with Crippen LogP contribution in [-0.2, 0) is 4.79 Å².